The van der Waals surface area contributed by atoms with E-state index in [4.69, 9.17) is 16.3 Å². The van der Waals surface area contributed by atoms with Gasteiger partial charge in [0.05, 0.1) is 18.1 Å². The minimum atomic E-state index is -1.20. The largest absolute Gasteiger partial charge is 0.477 e. The first-order valence-electron chi connectivity index (χ1n) is 9.83. The third-order valence-corrected chi connectivity index (χ3v) is 5.97. The first-order valence-corrected chi connectivity index (χ1v) is 11.0. The number of rotatable bonds is 7. The van der Waals surface area contributed by atoms with E-state index in [0.29, 0.717) is 48.4 Å². The van der Waals surface area contributed by atoms with Crippen molar-refractivity contribution < 1.29 is 19.6 Å². The third kappa shape index (κ3) is 5.51. The minimum absolute atomic E-state index is 0.0786. The molecule has 0 atom stereocenters. The number of benzene rings is 2. The summed E-state index contributed by atoms with van der Waals surface area (Å²) in [5.41, 5.74) is 1.51. The van der Waals surface area contributed by atoms with Gasteiger partial charge in [0.15, 0.2) is 5.82 Å². The first-order chi connectivity index (χ1) is 15.9. The molecule has 170 valence electrons. The lowest BCUT2D eigenvalue weighted by atomic mass is 10.1. The van der Waals surface area contributed by atoms with E-state index < -0.39 is 10.9 Å². The summed E-state index contributed by atoms with van der Waals surface area (Å²) in [6, 6.07) is 11.6. The van der Waals surface area contributed by atoms with E-state index in [2.05, 4.69) is 15.2 Å². The summed E-state index contributed by atoms with van der Waals surface area (Å²) in [4.78, 5) is 29.1. The molecule has 0 amide bonds. The maximum absolute atomic E-state index is 11.8. The number of thioether (sulfide) groups is 1. The standard InChI is InChI=1S/C21H18ClN5O5S/c22-15-4-2-14(3-5-15)19-23-21(25-24-19)33-18(20(28)29)12-13-1-6-16(17(11-13)27(30)31)26-7-9-32-10-8-26/h1-6,11-12H,7-10H2,(H,28,29)(H,23,24,25)/b18-12+. The number of nitro groups is 1. The number of aromatic amines is 1. The zero-order chi connectivity index (χ0) is 23.4. The van der Waals surface area contributed by atoms with Crippen LogP contribution < -0.4 is 4.90 Å². The number of carboxylic acids is 1. The zero-order valence-corrected chi connectivity index (χ0v) is 18.7. The molecule has 0 spiro atoms. The van der Waals surface area contributed by atoms with Gasteiger partial charge < -0.3 is 14.7 Å². The van der Waals surface area contributed by atoms with Crippen LogP contribution in [0.5, 0.6) is 0 Å². The summed E-state index contributed by atoms with van der Waals surface area (Å²) in [5, 5.41) is 28.9. The smallest absolute Gasteiger partial charge is 0.342 e. The van der Waals surface area contributed by atoms with E-state index in [0.717, 1.165) is 17.3 Å². The molecule has 2 heterocycles. The SMILES string of the molecule is O=C(O)/C(=C\c1ccc(N2CCOCC2)c([N+](=O)[O-])c1)Sc1n[nH]c(-c2ccc(Cl)cc2)n1. The van der Waals surface area contributed by atoms with Crippen molar-refractivity contribution >= 4 is 46.8 Å². The number of hydrogen-bond donors (Lipinski definition) is 2. The van der Waals surface area contributed by atoms with Gasteiger partial charge >= 0.3 is 5.97 Å². The van der Waals surface area contributed by atoms with Crippen LogP contribution in [0.25, 0.3) is 17.5 Å². The Morgan fingerprint density at radius 1 is 1.24 bits per heavy atom. The molecule has 2 aromatic carbocycles. The predicted molar refractivity (Wildman–Crippen MR) is 124 cm³/mol. The summed E-state index contributed by atoms with van der Waals surface area (Å²) in [7, 11) is 0. The highest BCUT2D eigenvalue weighted by Crippen LogP contribution is 2.33. The fourth-order valence-electron chi connectivity index (χ4n) is 3.26. The van der Waals surface area contributed by atoms with Gasteiger partial charge in [0, 0.05) is 29.7 Å². The van der Waals surface area contributed by atoms with Gasteiger partial charge in [-0.2, -0.15) is 0 Å². The molecular formula is C21H18ClN5O5S. The summed E-state index contributed by atoms with van der Waals surface area (Å²) in [6.07, 6.45) is 1.36. The quantitative estimate of drug-likeness (QED) is 0.218. The average Bonchev–Trinajstić information content (AvgIpc) is 3.28. The van der Waals surface area contributed by atoms with E-state index >= 15 is 0 Å². The highest BCUT2D eigenvalue weighted by molar-refractivity contribution is 8.04. The Bertz CT molecular complexity index is 1210. The Morgan fingerprint density at radius 2 is 1.97 bits per heavy atom. The molecule has 0 bridgehead atoms. The number of H-pyrrole nitrogens is 1. The fourth-order valence-corrected chi connectivity index (χ4v) is 4.09. The summed E-state index contributed by atoms with van der Waals surface area (Å²) >= 11 is 6.74. The van der Waals surface area contributed by atoms with Crippen molar-refractivity contribution in [3.05, 3.63) is 68.1 Å². The molecule has 1 aromatic heterocycles. The van der Waals surface area contributed by atoms with Gasteiger partial charge in [-0.25, -0.2) is 9.78 Å². The van der Waals surface area contributed by atoms with Crippen molar-refractivity contribution in [2.24, 2.45) is 0 Å². The molecule has 3 aromatic rings. The molecule has 0 radical (unpaired) electrons. The number of carbonyl (C=O) groups is 1. The van der Waals surface area contributed by atoms with Crippen LogP contribution in [0.4, 0.5) is 11.4 Å². The molecule has 10 nitrogen and oxygen atoms in total. The highest BCUT2D eigenvalue weighted by atomic mass is 35.5. The lowest BCUT2D eigenvalue weighted by Gasteiger charge is -2.28. The molecule has 2 N–H and O–H groups in total. The molecule has 12 heteroatoms. The van der Waals surface area contributed by atoms with Crippen molar-refractivity contribution in [3.63, 3.8) is 0 Å². The lowest BCUT2D eigenvalue weighted by molar-refractivity contribution is -0.384. The summed E-state index contributed by atoms with van der Waals surface area (Å²) in [6.45, 7) is 2.08. The third-order valence-electron chi connectivity index (χ3n) is 4.84. The van der Waals surface area contributed by atoms with Gasteiger partial charge in [0.1, 0.15) is 10.6 Å². The molecule has 1 aliphatic rings. The molecule has 1 aliphatic heterocycles. The zero-order valence-electron chi connectivity index (χ0n) is 17.1. The number of anilines is 1. The molecule has 1 saturated heterocycles. The average molecular weight is 488 g/mol. The van der Waals surface area contributed by atoms with Crippen LogP contribution in [-0.4, -0.2) is 57.5 Å². The number of aliphatic carboxylic acids is 1. The number of morpholine rings is 1. The second-order valence-corrected chi connectivity index (χ2v) is 8.44. The van der Waals surface area contributed by atoms with Crippen molar-refractivity contribution in [1.82, 2.24) is 15.2 Å². The Labute approximate surface area is 197 Å². The maximum Gasteiger partial charge on any atom is 0.342 e. The number of hydrogen-bond acceptors (Lipinski definition) is 8. The second kappa shape index (κ2) is 10.0. The van der Waals surface area contributed by atoms with Crippen LogP contribution in [0.3, 0.4) is 0 Å². The van der Waals surface area contributed by atoms with Crippen LogP contribution >= 0.6 is 23.4 Å². The van der Waals surface area contributed by atoms with Gasteiger partial charge in [-0.05, 0) is 53.7 Å². The van der Waals surface area contributed by atoms with E-state index in [1.807, 2.05) is 4.90 Å². The number of ether oxygens (including phenoxy) is 1. The van der Waals surface area contributed by atoms with Crippen LogP contribution in [0.15, 0.2) is 52.5 Å². The molecule has 0 saturated carbocycles. The van der Waals surface area contributed by atoms with Crippen molar-refractivity contribution in [2.75, 3.05) is 31.2 Å². The molecular weight excluding hydrogens is 470 g/mol. The van der Waals surface area contributed by atoms with Gasteiger partial charge in [-0.15, -0.1) is 5.10 Å². The number of halogens is 1. The molecule has 33 heavy (non-hydrogen) atoms. The van der Waals surface area contributed by atoms with Crippen LogP contribution in [0.1, 0.15) is 5.56 Å². The van der Waals surface area contributed by atoms with Crippen molar-refractivity contribution in [1.29, 1.82) is 0 Å². The molecule has 4 rings (SSSR count). The summed E-state index contributed by atoms with van der Waals surface area (Å²) in [5.74, 6) is -0.734. The minimum Gasteiger partial charge on any atom is -0.477 e. The van der Waals surface area contributed by atoms with E-state index in [-0.39, 0.29) is 15.7 Å². The molecule has 0 unspecified atom stereocenters. The van der Waals surface area contributed by atoms with Gasteiger partial charge in [0.25, 0.3) is 5.69 Å². The number of nitro benzene ring substituents is 1. The number of carboxylic acid groups (broad SMARTS) is 1. The van der Waals surface area contributed by atoms with E-state index in [1.165, 1.54) is 12.1 Å². The topological polar surface area (TPSA) is 134 Å². The normalized spacial score (nSPS) is 14.3. The number of nitrogens with zero attached hydrogens (tertiary/aromatic N) is 4. The molecule has 1 fully saturated rings. The summed E-state index contributed by atoms with van der Waals surface area (Å²) < 4.78 is 5.31. The first kappa shape index (κ1) is 22.8. The highest BCUT2D eigenvalue weighted by Gasteiger charge is 2.22. The van der Waals surface area contributed by atoms with Gasteiger partial charge in [0.2, 0.25) is 5.16 Å². The maximum atomic E-state index is 11.8. The second-order valence-electron chi connectivity index (χ2n) is 6.99. The van der Waals surface area contributed by atoms with Gasteiger partial charge in [-0.1, -0.05) is 17.7 Å². The van der Waals surface area contributed by atoms with E-state index in [1.54, 1.807) is 36.4 Å². The Kier molecular flexibility index (Phi) is 6.92. The Morgan fingerprint density at radius 3 is 2.64 bits per heavy atom. The van der Waals surface area contributed by atoms with Crippen molar-refractivity contribution in [3.8, 4) is 11.4 Å². The van der Waals surface area contributed by atoms with Crippen molar-refractivity contribution in [2.45, 2.75) is 5.16 Å². The molecule has 0 aliphatic carbocycles. The lowest BCUT2D eigenvalue weighted by Crippen LogP contribution is -2.36. The Balaban J connectivity index is 1.59. The monoisotopic (exact) mass is 487 g/mol. The fraction of sp³-hybridized carbons (Fsp3) is 0.190. The van der Waals surface area contributed by atoms with Crippen LogP contribution in [0, 0.1) is 10.1 Å². The number of aromatic nitrogens is 3. The van der Waals surface area contributed by atoms with Crippen LogP contribution in [0.2, 0.25) is 5.02 Å². The Hall–Kier alpha value is -3.41. The van der Waals surface area contributed by atoms with Gasteiger partial charge in [-0.3, -0.25) is 15.2 Å². The predicted octanol–water partition coefficient (Wildman–Crippen LogP) is 4.09. The van der Waals surface area contributed by atoms with E-state index in [9.17, 15) is 20.0 Å². The van der Waals surface area contributed by atoms with Crippen LogP contribution in [-0.2, 0) is 9.53 Å². The number of nitrogens with one attached hydrogen (secondary N) is 1.